The van der Waals surface area contributed by atoms with Gasteiger partial charge in [-0.05, 0) is 18.9 Å². The van der Waals surface area contributed by atoms with Crippen LogP contribution in [0.1, 0.15) is 23.6 Å². The number of benzene rings is 1. The van der Waals surface area contributed by atoms with Gasteiger partial charge >= 0.3 is 0 Å². The fraction of sp³-hybridized carbons (Fsp3) is 0.333. The van der Waals surface area contributed by atoms with E-state index in [4.69, 9.17) is 0 Å². The lowest BCUT2D eigenvalue weighted by molar-refractivity contribution is 0.440. The summed E-state index contributed by atoms with van der Waals surface area (Å²) < 4.78 is 2.00. The van der Waals surface area contributed by atoms with E-state index in [0.29, 0.717) is 6.04 Å². The summed E-state index contributed by atoms with van der Waals surface area (Å²) in [5.74, 6) is 3.64. The molecule has 0 bridgehead atoms. The van der Waals surface area contributed by atoms with Crippen molar-refractivity contribution < 1.29 is 0 Å². The summed E-state index contributed by atoms with van der Waals surface area (Å²) in [5.41, 5.74) is 1.29. The van der Waals surface area contributed by atoms with Crippen molar-refractivity contribution in [1.29, 1.82) is 0 Å². The van der Waals surface area contributed by atoms with Crippen molar-refractivity contribution in [1.82, 2.24) is 24.7 Å². The van der Waals surface area contributed by atoms with Crippen LogP contribution < -0.4 is 5.32 Å². The van der Waals surface area contributed by atoms with Gasteiger partial charge < -0.3 is 5.32 Å². The summed E-state index contributed by atoms with van der Waals surface area (Å²) in [6.07, 6.45) is 5.57. The molecular formula is C18H20N6S. The van der Waals surface area contributed by atoms with E-state index in [2.05, 4.69) is 49.6 Å². The Morgan fingerprint density at radius 2 is 2.08 bits per heavy atom. The minimum atomic E-state index is 0.303. The average molecular weight is 352 g/mol. The Hall–Kier alpha value is -2.41. The van der Waals surface area contributed by atoms with Gasteiger partial charge in [0.05, 0.1) is 18.9 Å². The van der Waals surface area contributed by atoms with E-state index < -0.39 is 0 Å². The molecule has 6 nitrogen and oxygen atoms in total. The summed E-state index contributed by atoms with van der Waals surface area (Å²) in [5, 5.41) is 8.88. The highest BCUT2D eigenvalue weighted by Crippen LogP contribution is 2.22. The molecule has 0 saturated heterocycles. The summed E-state index contributed by atoms with van der Waals surface area (Å²) >= 11 is 1.70. The first-order chi connectivity index (χ1) is 12.3. The summed E-state index contributed by atoms with van der Waals surface area (Å²) in [6, 6.07) is 10.7. The lowest BCUT2D eigenvalue weighted by Crippen LogP contribution is -2.32. The van der Waals surface area contributed by atoms with Crippen LogP contribution in [0.4, 0.5) is 5.82 Å². The standard InChI is InChI=1S/C18H20N6S/c1-13-20-17-8-7-15(11-24(17)23-13)21-16-9-19-10-18(22-16)25-12-14-5-3-2-4-6-14/h2-6,9-10,15H,7-8,11-12H2,1H3,(H,21,22). The first-order valence-electron chi connectivity index (χ1n) is 8.42. The molecule has 1 atom stereocenters. The molecule has 25 heavy (non-hydrogen) atoms. The molecule has 2 aromatic heterocycles. The van der Waals surface area contributed by atoms with Crippen molar-refractivity contribution in [2.45, 2.75) is 43.1 Å². The molecule has 0 fully saturated rings. The fourth-order valence-corrected chi connectivity index (χ4v) is 3.78. The number of aromatic nitrogens is 5. The predicted octanol–water partition coefficient (Wildman–Crippen LogP) is 3.10. The smallest absolute Gasteiger partial charge is 0.147 e. The van der Waals surface area contributed by atoms with Crippen LogP contribution in [-0.2, 0) is 18.7 Å². The molecule has 0 aliphatic carbocycles. The molecule has 1 aliphatic rings. The molecule has 4 rings (SSSR count). The minimum Gasteiger partial charge on any atom is -0.364 e. The second-order valence-electron chi connectivity index (χ2n) is 6.15. The van der Waals surface area contributed by atoms with E-state index in [-0.39, 0.29) is 0 Å². The van der Waals surface area contributed by atoms with E-state index in [1.165, 1.54) is 5.56 Å². The SMILES string of the molecule is Cc1nc2n(n1)CC(Nc1cncc(SCc3ccccc3)n1)CC2. The Kier molecular flexibility index (Phi) is 4.65. The van der Waals surface area contributed by atoms with Gasteiger partial charge in [0, 0.05) is 18.2 Å². The Bertz CT molecular complexity index is 848. The number of nitrogens with zero attached hydrogens (tertiary/aromatic N) is 5. The van der Waals surface area contributed by atoms with Crippen molar-refractivity contribution in [3.63, 3.8) is 0 Å². The van der Waals surface area contributed by atoms with Crippen LogP contribution in [0.2, 0.25) is 0 Å². The second-order valence-corrected chi connectivity index (χ2v) is 7.15. The van der Waals surface area contributed by atoms with Crippen LogP contribution in [-0.4, -0.2) is 30.8 Å². The number of hydrogen-bond acceptors (Lipinski definition) is 6. The zero-order valence-electron chi connectivity index (χ0n) is 14.1. The van der Waals surface area contributed by atoms with Gasteiger partial charge in [0.2, 0.25) is 0 Å². The summed E-state index contributed by atoms with van der Waals surface area (Å²) in [7, 11) is 0. The third-order valence-corrected chi connectivity index (χ3v) is 5.13. The number of hydrogen-bond donors (Lipinski definition) is 1. The van der Waals surface area contributed by atoms with Crippen molar-refractivity contribution in [2.75, 3.05) is 5.32 Å². The maximum atomic E-state index is 4.69. The van der Waals surface area contributed by atoms with Gasteiger partial charge in [0.1, 0.15) is 22.5 Å². The first-order valence-corrected chi connectivity index (χ1v) is 9.40. The predicted molar refractivity (Wildman–Crippen MR) is 98.5 cm³/mol. The van der Waals surface area contributed by atoms with Gasteiger partial charge in [-0.3, -0.25) is 4.98 Å². The monoisotopic (exact) mass is 352 g/mol. The molecule has 1 aromatic carbocycles. The maximum Gasteiger partial charge on any atom is 0.147 e. The topological polar surface area (TPSA) is 68.5 Å². The molecule has 7 heteroatoms. The van der Waals surface area contributed by atoms with Gasteiger partial charge in [-0.1, -0.05) is 30.3 Å². The lowest BCUT2D eigenvalue weighted by atomic mass is 10.1. The lowest BCUT2D eigenvalue weighted by Gasteiger charge is -2.23. The molecule has 3 heterocycles. The molecule has 0 saturated carbocycles. The molecule has 128 valence electrons. The van der Waals surface area contributed by atoms with Gasteiger partial charge in [-0.2, -0.15) is 5.10 Å². The van der Waals surface area contributed by atoms with Crippen LogP contribution in [0.15, 0.2) is 47.8 Å². The van der Waals surface area contributed by atoms with E-state index >= 15 is 0 Å². The summed E-state index contributed by atoms with van der Waals surface area (Å²) in [6.45, 7) is 2.76. The van der Waals surface area contributed by atoms with Gasteiger partial charge in [0.25, 0.3) is 0 Å². The van der Waals surface area contributed by atoms with Crippen LogP contribution in [0.3, 0.4) is 0 Å². The Morgan fingerprint density at radius 1 is 1.20 bits per heavy atom. The number of thioether (sulfide) groups is 1. The van der Waals surface area contributed by atoms with Crippen molar-refractivity contribution >= 4 is 17.6 Å². The van der Waals surface area contributed by atoms with Crippen LogP contribution in [0, 0.1) is 6.92 Å². The van der Waals surface area contributed by atoms with E-state index in [9.17, 15) is 0 Å². The first kappa shape index (κ1) is 16.1. The Labute approximate surface area is 151 Å². The number of aryl methyl sites for hydroxylation is 2. The maximum absolute atomic E-state index is 4.69. The number of fused-ring (bicyclic) bond motifs is 1. The molecule has 1 N–H and O–H groups in total. The molecule has 1 aliphatic heterocycles. The number of anilines is 1. The van der Waals surface area contributed by atoms with E-state index in [0.717, 1.165) is 47.6 Å². The van der Waals surface area contributed by atoms with E-state index in [1.54, 1.807) is 18.0 Å². The molecule has 3 aromatic rings. The Balaban J connectivity index is 1.38. The number of nitrogens with one attached hydrogen (secondary N) is 1. The highest BCUT2D eigenvalue weighted by atomic mass is 32.2. The number of rotatable bonds is 5. The summed E-state index contributed by atoms with van der Waals surface area (Å²) in [4.78, 5) is 13.5. The van der Waals surface area contributed by atoms with Gasteiger partial charge in [-0.25, -0.2) is 14.6 Å². The molecule has 0 radical (unpaired) electrons. The normalized spacial score (nSPS) is 16.4. The van der Waals surface area contributed by atoms with Crippen molar-refractivity contribution in [3.05, 3.63) is 59.9 Å². The molecular weight excluding hydrogens is 332 g/mol. The van der Waals surface area contributed by atoms with E-state index in [1.807, 2.05) is 23.9 Å². The highest BCUT2D eigenvalue weighted by Gasteiger charge is 2.21. The van der Waals surface area contributed by atoms with Crippen LogP contribution in [0.5, 0.6) is 0 Å². The minimum absolute atomic E-state index is 0.303. The molecule has 0 amide bonds. The van der Waals surface area contributed by atoms with Crippen LogP contribution >= 0.6 is 11.8 Å². The third-order valence-electron chi connectivity index (χ3n) is 4.16. The zero-order chi connectivity index (χ0) is 17.1. The molecule has 1 unspecified atom stereocenters. The molecule has 0 spiro atoms. The van der Waals surface area contributed by atoms with Crippen molar-refractivity contribution in [2.24, 2.45) is 0 Å². The largest absolute Gasteiger partial charge is 0.364 e. The Morgan fingerprint density at radius 3 is 2.96 bits per heavy atom. The van der Waals surface area contributed by atoms with Crippen LogP contribution in [0.25, 0.3) is 0 Å². The average Bonchev–Trinajstić information content (AvgIpc) is 3.00. The third kappa shape index (κ3) is 3.99. The van der Waals surface area contributed by atoms with Gasteiger partial charge in [-0.15, -0.1) is 11.8 Å². The quantitative estimate of drug-likeness (QED) is 0.712. The zero-order valence-corrected chi connectivity index (χ0v) is 14.9. The van der Waals surface area contributed by atoms with Gasteiger partial charge in [0.15, 0.2) is 0 Å². The van der Waals surface area contributed by atoms with Crippen molar-refractivity contribution in [3.8, 4) is 0 Å². The fourth-order valence-electron chi connectivity index (χ4n) is 2.98. The second kappa shape index (κ2) is 7.23. The highest BCUT2D eigenvalue weighted by molar-refractivity contribution is 7.98.